The Kier molecular flexibility index (Phi) is 6.45. The molecule has 30 heavy (non-hydrogen) atoms. The number of hydrogen-bond donors (Lipinski definition) is 1. The molecule has 7 nitrogen and oxygen atoms in total. The van der Waals surface area contributed by atoms with Gasteiger partial charge >= 0.3 is 5.97 Å². The van der Waals surface area contributed by atoms with Crippen LogP contribution in [-0.2, 0) is 11.3 Å². The van der Waals surface area contributed by atoms with E-state index in [0.29, 0.717) is 45.1 Å². The van der Waals surface area contributed by atoms with Crippen LogP contribution in [-0.4, -0.2) is 38.1 Å². The zero-order valence-corrected chi connectivity index (χ0v) is 18.6. The van der Waals surface area contributed by atoms with Crippen molar-refractivity contribution in [3.63, 3.8) is 0 Å². The minimum Gasteiger partial charge on any atom is -0.462 e. The van der Waals surface area contributed by atoms with Crippen LogP contribution in [0, 0.1) is 13.8 Å². The molecular formula is C22H25N3O4S. The number of ether oxygens (including phenoxy) is 1. The highest BCUT2D eigenvalue weighted by Gasteiger charge is 2.27. The van der Waals surface area contributed by atoms with Crippen LogP contribution in [0.3, 0.4) is 0 Å². The number of aromatic nitrogens is 3. The molecule has 0 spiro atoms. The third-order valence-electron chi connectivity index (χ3n) is 4.96. The number of carbonyl (C=O) groups is 2. The number of carbonyl (C=O) groups excluding carboxylic acids is 2. The number of aryl methyl sites for hydroxylation is 1. The third kappa shape index (κ3) is 3.92. The van der Waals surface area contributed by atoms with Gasteiger partial charge in [0.25, 0.3) is 5.56 Å². The first-order valence-electron chi connectivity index (χ1n) is 9.86. The largest absolute Gasteiger partial charge is 0.462 e. The molecular weight excluding hydrogens is 402 g/mol. The van der Waals surface area contributed by atoms with Gasteiger partial charge in [0.2, 0.25) is 0 Å². The van der Waals surface area contributed by atoms with Gasteiger partial charge in [-0.1, -0.05) is 23.9 Å². The molecule has 0 saturated carbocycles. The number of rotatable bonds is 7. The minimum atomic E-state index is -0.511. The van der Waals surface area contributed by atoms with Gasteiger partial charge in [-0.05, 0) is 52.3 Å². The van der Waals surface area contributed by atoms with Gasteiger partial charge < -0.3 is 9.72 Å². The van der Waals surface area contributed by atoms with Crippen molar-refractivity contribution in [2.24, 2.45) is 0 Å². The Balaban J connectivity index is 1.95. The molecule has 3 aromatic rings. The lowest BCUT2D eigenvalue weighted by molar-refractivity contribution is 0.0525. The zero-order chi connectivity index (χ0) is 22.0. The van der Waals surface area contributed by atoms with Crippen LogP contribution >= 0.6 is 11.8 Å². The second kappa shape index (κ2) is 8.87. The molecule has 0 aliphatic heterocycles. The number of hydrogen-bond acceptors (Lipinski definition) is 6. The molecule has 2 aromatic heterocycles. The quantitative estimate of drug-likeness (QED) is 0.266. The molecule has 0 amide bonds. The van der Waals surface area contributed by atoms with Crippen LogP contribution in [0.2, 0.25) is 0 Å². The molecule has 3 rings (SSSR count). The average molecular weight is 428 g/mol. The van der Waals surface area contributed by atoms with Crippen LogP contribution in [0.4, 0.5) is 0 Å². The number of aromatic amines is 1. The molecule has 0 bridgehead atoms. The standard InChI is InChI=1S/C22H25N3O4S/c1-6-25-20(27)15-10-8-9-11-16(15)24-22(25)30-14(5)19(26)18-12(3)17(13(4)23-18)21(28)29-7-2/h8-11,14,23H,6-7H2,1-5H3. The van der Waals surface area contributed by atoms with Gasteiger partial charge in [0.15, 0.2) is 10.9 Å². The van der Waals surface area contributed by atoms with E-state index in [4.69, 9.17) is 4.74 Å². The summed E-state index contributed by atoms with van der Waals surface area (Å²) in [6.07, 6.45) is 0. The molecule has 0 radical (unpaired) electrons. The molecule has 2 heterocycles. The maximum Gasteiger partial charge on any atom is 0.340 e. The van der Waals surface area contributed by atoms with Crippen LogP contribution in [0.25, 0.3) is 10.9 Å². The first-order valence-corrected chi connectivity index (χ1v) is 10.7. The van der Waals surface area contributed by atoms with Gasteiger partial charge in [-0.3, -0.25) is 14.2 Å². The van der Waals surface area contributed by atoms with Crippen LogP contribution in [0.1, 0.15) is 52.9 Å². The second-order valence-corrected chi connectivity index (χ2v) is 8.24. The fourth-order valence-corrected chi connectivity index (χ4v) is 4.47. The Morgan fingerprint density at radius 1 is 1.23 bits per heavy atom. The summed E-state index contributed by atoms with van der Waals surface area (Å²) in [5.41, 5.74) is 2.42. The van der Waals surface area contributed by atoms with Gasteiger partial charge in [0, 0.05) is 12.2 Å². The molecule has 0 aliphatic rings. The summed E-state index contributed by atoms with van der Waals surface area (Å²) >= 11 is 1.24. The van der Waals surface area contributed by atoms with Crippen molar-refractivity contribution in [1.29, 1.82) is 0 Å². The van der Waals surface area contributed by atoms with Crippen LogP contribution < -0.4 is 5.56 Å². The van der Waals surface area contributed by atoms with Crippen molar-refractivity contribution >= 4 is 34.4 Å². The maximum absolute atomic E-state index is 13.1. The molecule has 158 valence electrons. The molecule has 8 heteroatoms. The molecule has 0 aliphatic carbocycles. The number of ketones is 1. The maximum atomic E-state index is 13.1. The lowest BCUT2D eigenvalue weighted by atomic mass is 10.1. The topological polar surface area (TPSA) is 94.1 Å². The number of benzene rings is 1. The molecule has 0 fully saturated rings. The number of Topliss-reactive ketones (excluding diaryl/α,β-unsaturated/α-hetero) is 1. The first kappa shape index (κ1) is 21.8. The number of esters is 1. The van der Waals surface area contributed by atoms with Crippen molar-refractivity contribution in [2.45, 2.75) is 51.6 Å². The summed E-state index contributed by atoms with van der Waals surface area (Å²) in [6.45, 7) is 9.58. The van der Waals surface area contributed by atoms with Gasteiger partial charge in [0.1, 0.15) is 0 Å². The van der Waals surface area contributed by atoms with E-state index < -0.39 is 11.2 Å². The summed E-state index contributed by atoms with van der Waals surface area (Å²) in [5.74, 6) is -0.611. The molecule has 0 saturated heterocycles. The van der Waals surface area contributed by atoms with E-state index in [1.807, 2.05) is 19.1 Å². The monoisotopic (exact) mass is 427 g/mol. The van der Waals surface area contributed by atoms with Crippen LogP contribution in [0.15, 0.2) is 34.2 Å². The van der Waals surface area contributed by atoms with E-state index in [0.717, 1.165) is 0 Å². The highest BCUT2D eigenvalue weighted by atomic mass is 32.2. The van der Waals surface area contributed by atoms with E-state index in [-0.39, 0.29) is 17.9 Å². The van der Waals surface area contributed by atoms with E-state index in [2.05, 4.69) is 9.97 Å². The molecule has 1 unspecified atom stereocenters. The van der Waals surface area contributed by atoms with Gasteiger partial charge in [-0.15, -0.1) is 0 Å². The lowest BCUT2D eigenvalue weighted by Crippen LogP contribution is -2.24. The van der Waals surface area contributed by atoms with Crippen molar-refractivity contribution in [1.82, 2.24) is 14.5 Å². The Hall–Kier alpha value is -2.87. The predicted molar refractivity (Wildman–Crippen MR) is 118 cm³/mol. The summed E-state index contributed by atoms with van der Waals surface area (Å²) in [5, 5.41) is 0.536. The highest BCUT2D eigenvalue weighted by Crippen LogP contribution is 2.27. The smallest absolute Gasteiger partial charge is 0.340 e. The molecule has 1 atom stereocenters. The number of para-hydroxylation sites is 1. The highest BCUT2D eigenvalue weighted by molar-refractivity contribution is 8.00. The van der Waals surface area contributed by atoms with Crippen molar-refractivity contribution in [3.05, 3.63) is 57.1 Å². The summed E-state index contributed by atoms with van der Waals surface area (Å²) in [7, 11) is 0. The summed E-state index contributed by atoms with van der Waals surface area (Å²) in [4.78, 5) is 45.8. The Labute approximate surface area is 178 Å². The predicted octanol–water partition coefficient (Wildman–Crippen LogP) is 3.90. The van der Waals surface area contributed by atoms with Crippen molar-refractivity contribution in [2.75, 3.05) is 6.61 Å². The summed E-state index contributed by atoms with van der Waals surface area (Å²) < 4.78 is 6.68. The first-order chi connectivity index (χ1) is 14.3. The molecule has 1 aromatic carbocycles. The average Bonchev–Trinajstić information content (AvgIpc) is 3.02. The minimum absolute atomic E-state index is 0.123. The van der Waals surface area contributed by atoms with E-state index in [1.54, 1.807) is 44.4 Å². The van der Waals surface area contributed by atoms with E-state index >= 15 is 0 Å². The Bertz CT molecular complexity index is 1180. The fraction of sp³-hybridized carbons (Fsp3) is 0.364. The fourth-order valence-electron chi connectivity index (χ4n) is 3.44. The van der Waals surface area contributed by atoms with Gasteiger partial charge in [0.05, 0.1) is 34.0 Å². The Morgan fingerprint density at radius 3 is 2.60 bits per heavy atom. The van der Waals surface area contributed by atoms with Gasteiger partial charge in [-0.2, -0.15) is 0 Å². The Morgan fingerprint density at radius 2 is 1.93 bits per heavy atom. The number of nitrogens with one attached hydrogen (secondary N) is 1. The van der Waals surface area contributed by atoms with E-state index in [1.165, 1.54) is 11.8 Å². The molecule has 1 N–H and O–H groups in total. The lowest BCUT2D eigenvalue weighted by Gasteiger charge is -2.14. The zero-order valence-electron chi connectivity index (χ0n) is 17.7. The summed E-state index contributed by atoms with van der Waals surface area (Å²) in [6, 6.07) is 7.18. The second-order valence-electron chi connectivity index (χ2n) is 6.93. The SMILES string of the molecule is CCOC(=O)c1c(C)[nH]c(C(=O)C(C)Sc2nc3ccccc3c(=O)n2CC)c1C. The normalized spacial score (nSPS) is 12.2. The number of fused-ring (bicyclic) bond motifs is 1. The van der Waals surface area contributed by atoms with Gasteiger partial charge in [-0.25, -0.2) is 9.78 Å². The number of thioether (sulfide) groups is 1. The van der Waals surface area contributed by atoms with Crippen LogP contribution in [0.5, 0.6) is 0 Å². The van der Waals surface area contributed by atoms with Crippen molar-refractivity contribution in [3.8, 4) is 0 Å². The van der Waals surface area contributed by atoms with E-state index in [9.17, 15) is 14.4 Å². The number of H-pyrrole nitrogens is 1. The third-order valence-corrected chi connectivity index (χ3v) is 6.05. The van der Waals surface area contributed by atoms with Crippen molar-refractivity contribution < 1.29 is 14.3 Å². The number of nitrogens with zero attached hydrogens (tertiary/aromatic N) is 2.